The number of carbonyl (C=O) groups excluding carboxylic acids is 3. The molecule has 12 heteroatoms. The van der Waals surface area contributed by atoms with Crippen molar-refractivity contribution >= 4 is 23.4 Å². The van der Waals surface area contributed by atoms with Gasteiger partial charge in [0, 0.05) is 13.2 Å². The van der Waals surface area contributed by atoms with E-state index in [1.807, 2.05) is 0 Å². The molecule has 2 N–H and O–H groups in total. The molecular formula is C29H33F4N5O3. The summed E-state index contributed by atoms with van der Waals surface area (Å²) in [6.45, 7) is 3.72. The number of terminal acetylenes is 1. The van der Waals surface area contributed by atoms with Crippen molar-refractivity contribution in [2.75, 3.05) is 18.9 Å². The molecule has 0 aliphatic heterocycles. The third-order valence-electron chi connectivity index (χ3n) is 7.11. The molecule has 1 aromatic heterocycles. The average Bonchev–Trinajstić information content (AvgIpc) is 3.41. The van der Waals surface area contributed by atoms with Gasteiger partial charge in [-0.1, -0.05) is 18.9 Å². The first-order chi connectivity index (χ1) is 19.2. The van der Waals surface area contributed by atoms with Gasteiger partial charge in [0.15, 0.2) is 0 Å². The summed E-state index contributed by atoms with van der Waals surface area (Å²) in [5, 5.41) is 9.24. The molecule has 8 nitrogen and oxygen atoms in total. The number of aromatic nitrogens is 2. The van der Waals surface area contributed by atoms with Gasteiger partial charge < -0.3 is 15.5 Å². The summed E-state index contributed by atoms with van der Waals surface area (Å²) in [5.41, 5.74) is 0.793. The van der Waals surface area contributed by atoms with E-state index in [9.17, 15) is 27.6 Å². The van der Waals surface area contributed by atoms with E-state index in [0.29, 0.717) is 29.2 Å². The highest BCUT2D eigenvalue weighted by atomic mass is 19.4. The minimum absolute atomic E-state index is 0.00353. The van der Waals surface area contributed by atoms with Gasteiger partial charge in [-0.25, -0.2) is 9.07 Å². The molecule has 3 rings (SSSR count). The van der Waals surface area contributed by atoms with Crippen molar-refractivity contribution < 1.29 is 31.9 Å². The molecule has 1 saturated carbocycles. The Morgan fingerprint density at radius 3 is 2.44 bits per heavy atom. The number of anilines is 1. The second kappa shape index (κ2) is 13.0. The zero-order chi connectivity index (χ0) is 30.5. The van der Waals surface area contributed by atoms with Crippen LogP contribution in [0.25, 0.3) is 0 Å². The fourth-order valence-corrected chi connectivity index (χ4v) is 4.62. The molecule has 1 aromatic carbocycles. The number of likely N-dealkylation sites (N-methyl/N-ethyl adjacent to an activating group) is 1. The van der Waals surface area contributed by atoms with E-state index in [2.05, 4.69) is 28.6 Å². The van der Waals surface area contributed by atoms with E-state index in [0.717, 1.165) is 26.0 Å². The highest BCUT2D eigenvalue weighted by Crippen LogP contribution is 2.30. The highest BCUT2D eigenvalue weighted by Gasteiger charge is 2.33. The minimum Gasteiger partial charge on any atom is -0.336 e. The lowest BCUT2D eigenvalue weighted by atomic mass is 9.86. The van der Waals surface area contributed by atoms with Gasteiger partial charge in [-0.15, -0.1) is 6.42 Å². The molecule has 3 amide bonds. The van der Waals surface area contributed by atoms with Crippen molar-refractivity contribution in [3.05, 3.63) is 58.8 Å². The lowest BCUT2D eigenvalue weighted by Gasteiger charge is -2.24. The quantitative estimate of drug-likeness (QED) is 0.258. The van der Waals surface area contributed by atoms with E-state index >= 15 is 4.39 Å². The third-order valence-corrected chi connectivity index (χ3v) is 7.11. The van der Waals surface area contributed by atoms with Crippen molar-refractivity contribution in [3.8, 4) is 12.3 Å². The van der Waals surface area contributed by atoms with Crippen molar-refractivity contribution in [2.45, 2.75) is 64.6 Å². The molecule has 41 heavy (non-hydrogen) atoms. The molecule has 1 aliphatic carbocycles. The molecule has 0 bridgehead atoms. The van der Waals surface area contributed by atoms with E-state index in [-0.39, 0.29) is 22.6 Å². The summed E-state index contributed by atoms with van der Waals surface area (Å²) in [6.07, 6.45) is 5.08. The van der Waals surface area contributed by atoms with Gasteiger partial charge in [-0.05, 0) is 74.8 Å². The van der Waals surface area contributed by atoms with Gasteiger partial charge in [0.05, 0.1) is 11.6 Å². The van der Waals surface area contributed by atoms with Gasteiger partial charge in [0.1, 0.15) is 29.8 Å². The van der Waals surface area contributed by atoms with Crippen LogP contribution in [-0.4, -0.2) is 52.2 Å². The van der Waals surface area contributed by atoms with Crippen molar-refractivity contribution in [3.63, 3.8) is 0 Å². The van der Waals surface area contributed by atoms with Gasteiger partial charge in [-0.2, -0.15) is 18.3 Å². The maximum absolute atomic E-state index is 15.1. The van der Waals surface area contributed by atoms with Gasteiger partial charge in [0.25, 0.3) is 11.8 Å². The number of benzene rings is 1. The van der Waals surface area contributed by atoms with Crippen LogP contribution in [0.1, 0.15) is 74.5 Å². The van der Waals surface area contributed by atoms with Crippen molar-refractivity contribution in [1.29, 1.82) is 0 Å². The van der Waals surface area contributed by atoms with Crippen LogP contribution in [0.3, 0.4) is 0 Å². The van der Waals surface area contributed by atoms with Crippen LogP contribution in [0.2, 0.25) is 0 Å². The number of rotatable bonds is 8. The summed E-state index contributed by atoms with van der Waals surface area (Å²) < 4.78 is 54.5. The summed E-state index contributed by atoms with van der Waals surface area (Å²) in [4.78, 5) is 39.5. The number of amides is 3. The molecule has 2 aromatic rings. The Balaban J connectivity index is 1.83. The molecule has 2 unspecified atom stereocenters. The third kappa shape index (κ3) is 7.96. The van der Waals surface area contributed by atoms with Crippen LogP contribution >= 0.6 is 0 Å². The number of hydrogen-bond acceptors (Lipinski definition) is 4. The van der Waals surface area contributed by atoms with Gasteiger partial charge in [-0.3, -0.25) is 14.4 Å². The minimum atomic E-state index is -4.57. The van der Waals surface area contributed by atoms with Crippen LogP contribution in [0.4, 0.5) is 23.2 Å². The second-order valence-electron chi connectivity index (χ2n) is 10.3. The predicted octanol–water partition coefficient (Wildman–Crippen LogP) is 5.17. The number of carbonyl (C=O) groups is 3. The number of hydrogen-bond donors (Lipinski definition) is 2. The van der Waals surface area contributed by atoms with Gasteiger partial charge >= 0.3 is 6.18 Å². The number of alkyl halides is 3. The van der Waals surface area contributed by atoms with Crippen LogP contribution < -0.4 is 10.6 Å². The normalized spacial score (nSPS) is 16.8. The Kier molecular flexibility index (Phi) is 9.97. The fourth-order valence-electron chi connectivity index (χ4n) is 4.62. The fraction of sp³-hybridized carbons (Fsp3) is 0.448. The Labute approximate surface area is 236 Å². The molecule has 0 saturated heterocycles. The number of halogens is 4. The summed E-state index contributed by atoms with van der Waals surface area (Å²) in [6, 6.07) is 4.54. The Bertz CT molecular complexity index is 1370. The molecule has 1 aliphatic rings. The lowest BCUT2D eigenvalue weighted by molar-refractivity contribution is -0.159. The van der Waals surface area contributed by atoms with Crippen LogP contribution in [0, 0.1) is 24.1 Å². The van der Waals surface area contributed by atoms with Crippen molar-refractivity contribution in [2.24, 2.45) is 5.92 Å². The smallest absolute Gasteiger partial charge is 0.336 e. The second-order valence-corrected chi connectivity index (χ2v) is 10.3. The average molecular weight is 576 g/mol. The first-order valence-electron chi connectivity index (χ1n) is 13.2. The van der Waals surface area contributed by atoms with Crippen LogP contribution in [0.5, 0.6) is 0 Å². The standard InChI is InChI=1S/C29H33F4N5O3/c1-6-18(3)38-24(13-14-34-38)26(39)36-25(20-9-7-17(2)8-10-20)27(40)35-23-12-11-21(15-22(23)30)19(4)28(41)37(5)16-29(31,32)33/h1,11-15,17-19H,7-10,16H2,2-5H3,(H,35,40)(H,36,39). The maximum Gasteiger partial charge on any atom is 0.406 e. The summed E-state index contributed by atoms with van der Waals surface area (Å²) >= 11 is 0. The molecule has 1 fully saturated rings. The SMILES string of the molecule is C#CC(C)n1nccc1C(=O)NC(C(=O)Nc1ccc(C(C)C(=O)N(C)CC(F)(F)F)cc1F)=C1CCC(C)CC1. The molecular weight excluding hydrogens is 542 g/mol. The van der Waals surface area contributed by atoms with E-state index in [1.54, 1.807) is 6.92 Å². The molecule has 0 spiro atoms. The topological polar surface area (TPSA) is 96.3 Å². The molecule has 0 radical (unpaired) electrons. The Hall–Kier alpha value is -4.14. The largest absolute Gasteiger partial charge is 0.406 e. The van der Waals surface area contributed by atoms with Gasteiger partial charge in [0.2, 0.25) is 5.91 Å². The first-order valence-corrected chi connectivity index (χ1v) is 13.2. The molecule has 2 atom stereocenters. The molecule has 220 valence electrons. The monoisotopic (exact) mass is 575 g/mol. The number of nitrogens with one attached hydrogen (secondary N) is 2. The summed E-state index contributed by atoms with van der Waals surface area (Å²) in [5.74, 6) is -1.18. The zero-order valence-corrected chi connectivity index (χ0v) is 23.3. The Morgan fingerprint density at radius 2 is 1.85 bits per heavy atom. The van der Waals surface area contributed by atoms with Crippen molar-refractivity contribution in [1.82, 2.24) is 20.0 Å². The van der Waals surface area contributed by atoms with E-state index < -0.39 is 48.2 Å². The lowest BCUT2D eigenvalue weighted by Crippen LogP contribution is -2.38. The van der Waals surface area contributed by atoms with Crippen LogP contribution in [0.15, 0.2) is 41.7 Å². The number of nitrogens with zero attached hydrogens (tertiary/aromatic N) is 3. The predicted molar refractivity (Wildman–Crippen MR) is 145 cm³/mol. The zero-order valence-electron chi connectivity index (χ0n) is 23.3. The number of allylic oxidation sites excluding steroid dienone is 1. The maximum atomic E-state index is 15.1. The summed E-state index contributed by atoms with van der Waals surface area (Å²) in [7, 11) is 1.02. The molecule has 1 heterocycles. The first kappa shape index (κ1) is 31.4. The van der Waals surface area contributed by atoms with E-state index in [1.165, 1.54) is 36.0 Å². The highest BCUT2D eigenvalue weighted by molar-refractivity contribution is 6.08. The Morgan fingerprint density at radius 1 is 1.20 bits per heavy atom. The van der Waals surface area contributed by atoms with E-state index in [4.69, 9.17) is 6.42 Å². The van der Waals surface area contributed by atoms with Crippen LogP contribution in [-0.2, 0) is 9.59 Å².